The molecule has 2 rings (SSSR count). The predicted octanol–water partition coefficient (Wildman–Crippen LogP) is 4.53. The largest absolute Gasteiger partial charge is 0.312 e. The van der Waals surface area contributed by atoms with Gasteiger partial charge < -0.3 is 5.32 Å². The minimum Gasteiger partial charge on any atom is -0.312 e. The van der Waals surface area contributed by atoms with Gasteiger partial charge in [0.1, 0.15) is 5.82 Å². The number of thioether (sulfide) groups is 1. The van der Waals surface area contributed by atoms with Crippen molar-refractivity contribution in [3.05, 3.63) is 64.9 Å². The van der Waals surface area contributed by atoms with Crippen LogP contribution in [-0.4, -0.2) is 12.8 Å². The second kappa shape index (κ2) is 6.94. The summed E-state index contributed by atoms with van der Waals surface area (Å²) in [4.78, 5) is 1.07. The third kappa shape index (κ3) is 4.23. The maximum atomic E-state index is 12.8. The van der Waals surface area contributed by atoms with Crippen molar-refractivity contribution in [2.75, 3.05) is 12.8 Å². The Morgan fingerprint density at radius 3 is 2.32 bits per heavy atom. The van der Waals surface area contributed by atoms with Gasteiger partial charge in [-0.05, 0) is 49.0 Å². The summed E-state index contributed by atoms with van der Waals surface area (Å²) in [7, 11) is 1.94. The van der Waals surface area contributed by atoms with Crippen LogP contribution >= 0.6 is 23.4 Å². The molecule has 0 aliphatic carbocycles. The van der Waals surface area contributed by atoms with E-state index in [2.05, 4.69) is 5.32 Å². The van der Waals surface area contributed by atoms with Gasteiger partial charge in [0, 0.05) is 21.7 Å². The molecule has 1 atom stereocenters. The molecule has 4 heteroatoms. The van der Waals surface area contributed by atoms with Crippen LogP contribution in [-0.2, 0) is 0 Å². The highest BCUT2D eigenvalue weighted by molar-refractivity contribution is 7.99. The molecule has 0 aliphatic heterocycles. The van der Waals surface area contributed by atoms with Gasteiger partial charge in [-0.2, -0.15) is 0 Å². The fraction of sp³-hybridized carbons (Fsp3) is 0.200. The van der Waals surface area contributed by atoms with Crippen LogP contribution in [0.15, 0.2) is 53.4 Å². The lowest BCUT2D eigenvalue weighted by Gasteiger charge is -2.16. The second-order valence-electron chi connectivity index (χ2n) is 4.16. The Labute approximate surface area is 122 Å². The fourth-order valence-electron chi connectivity index (χ4n) is 1.75. The van der Waals surface area contributed by atoms with E-state index in [1.807, 2.05) is 31.3 Å². The molecule has 1 nitrogen and oxygen atoms in total. The first-order chi connectivity index (χ1) is 9.19. The molecule has 0 radical (unpaired) electrons. The lowest BCUT2D eigenvalue weighted by molar-refractivity contribution is 0.626. The van der Waals surface area contributed by atoms with Gasteiger partial charge in [-0.15, -0.1) is 11.8 Å². The Bertz CT molecular complexity index is 513. The normalized spacial score (nSPS) is 12.4. The summed E-state index contributed by atoms with van der Waals surface area (Å²) in [6.45, 7) is 0. The van der Waals surface area contributed by atoms with Crippen LogP contribution in [0.1, 0.15) is 11.6 Å². The highest BCUT2D eigenvalue weighted by Gasteiger charge is 2.09. The molecule has 2 aromatic rings. The van der Waals surface area contributed by atoms with Crippen molar-refractivity contribution in [1.82, 2.24) is 5.32 Å². The number of nitrogens with one attached hydrogen (secondary N) is 1. The monoisotopic (exact) mass is 295 g/mol. The average molecular weight is 296 g/mol. The summed E-state index contributed by atoms with van der Waals surface area (Å²) in [6, 6.07) is 14.6. The van der Waals surface area contributed by atoms with Crippen molar-refractivity contribution in [1.29, 1.82) is 0 Å². The molecule has 0 spiro atoms. The first kappa shape index (κ1) is 14.4. The van der Waals surface area contributed by atoms with E-state index in [1.165, 1.54) is 17.7 Å². The molecule has 0 amide bonds. The fourth-order valence-corrected chi connectivity index (χ4v) is 2.92. The minimum absolute atomic E-state index is 0.202. The summed E-state index contributed by atoms with van der Waals surface area (Å²) < 4.78 is 12.8. The molecular formula is C15H15ClFNS. The third-order valence-electron chi connectivity index (χ3n) is 2.85. The van der Waals surface area contributed by atoms with Gasteiger partial charge in [-0.25, -0.2) is 4.39 Å². The van der Waals surface area contributed by atoms with Gasteiger partial charge >= 0.3 is 0 Å². The Balaban J connectivity index is 1.99. The van der Waals surface area contributed by atoms with Crippen molar-refractivity contribution in [2.24, 2.45) is 0 Å². The molecule has 0 heterocycles. The first-order valence-corrected chi connectivity index (χ1v) is 7.36. The molecular weight excluding hydrogens is 281 g/mol. The number of hydrogen-bond acceptors (Lipinski definition) is 2. The maximum absolute atomic E-state index is 12.8. The lowest BCUT2D eigenvalue weighted by Crippen LogP contribution is -2.18. The molecule has 100 valence electrons. The molecule has 2 aromatic carbocycles. The van der Waals surface area contributed by atoms with Crippen LogP contribution in [0.2, 0.25) is 5.02 Å². The molecule has 0 saturated heterocycles. The zero-order chi connectivity index (χ0) is 13.7. The number of benzene rings is 2. The molecule has 1 N–H and O–H groups in total. The second-order valence-corrected chi connectivity index (χ2v) is 5.69. The van der Waals surface area contributed by atoms with Crippen LogP contribution in [0.5, 0.6) is 0 Å². The predicted molar refractivity (Wildman–Crippen MR) is 80.4 cm³/mol. The van der Waals surface area contributed by atoms with E-state index >= 15 is 0 Å². The van der Waals surface area contributed by atoms with E-state index in [0.29, 0.717) is 0 Å². The number of halogens is 2. The van der Waals surface area contributed by atoms with Crippen molar-refractivity contribution in [3.8, 4) is 0 Å². The molecule has 0 aromatic heterocycles. The summed E-state index contributed by atoms with van der Waals surface area (Å²) in [5, 5.41) is 4.02. The summed E-state index contributed by atoms with van der Waals surface area (Å²) in [6.07, 6.45) is 0. The zero-order valence-electron chi connectivity index (χ0n) is 10.6. The van der Waals surface area contributed by atoms with Gasteiger partial charge in [0.05, 0.1) is 0 Å². The Morgan fingerprint density at radius 2 is 1.74 bits per heavy atom. The Morgan fingerprint density at radius 1 is 1.11 bits per heavy atom. The van der Waals surface area contributed by atoms with Crippen LogP contribution in [0.25, 0.3) is 0 Å². The van der Waals surface area contributed by atoms with Gasteiger partial charge in [-0.1, -0.05) is 23.7 Å². The van der Waals surface area contributed by atoms with E-state index in [9.17, 15) is 4.39 Å². The molecule has 0 saturated carbocycles. The van der Waals surface area contributed by atoms with Crippen LogP contribution in [0, 0.1) is 5.82 Å². The van der Waals surface area contributed by atoms with Crippen molar-refractivity contribution >= 4 is 23.4 Å². The van der Waals surface area contributed by atoms with E-state index < -0.39 is 0 Å². The minimum atomic E-state index is -0.202. The zero-order valence-corrected chi connectivity index (χ0v) is 12.1. The van der Waals surface area contributed by atoms with E-state index in [0.717, 1.165) is 15.7 Å². The third-order valence-corrected chi connectivity index (χ3v) is 4.21. The van der Waals surface area contributed by atoms with E-state index in [4.69, 9.17) is 11.6 Å². The van der Waals surface area contributed by atoms with Gasteiger partial charge in [0.15, 0.2) is 0 Å². The highest BCUT2D eigenvalue weighted by atomic mass is 35.5. The van der Waals surface area contributed by atoms with Gasteiger partial charge in [0.25, 0.3) is 0 Å². The number of hydrogen-bond donors (Lipinski definition) is 1. The van der Waals surface area contributed by atoms with Crippen LogP contribution in [0.4, 0.5) is 4.39 Å². The highest BCUT2D eigenvalue weighted by Crippen LogP contribution is 2.25. The lowest BCUT2D eigenvalue weighted by atomic mass is 10.1. The summed E-state index contributed by atoms with van der Waals surface area (Å²) in [5.74, 6) is 0.677. The average Bonchev–Trinajstić information content (AvgIpc) is 2.43. The Hall–Kier alpha value is -1.03. The maximum Gasteiger partial charge on any atom is 0.123 e. The van der Waals surface area contributed by atoms with Crippen molar-refractivity contribution in [3.63, 3.8) is 0 Å². The van der Waals surface area contributed by atoms with Crippen LogP contribution < -0.4 is 5.32 Å². The number of rotatable bonds is 5. The standard InChI is InChI=1S/C15H15ClFNS/c1-18-15(11-2-4-12(16)5-3-11)10-19-14-8-6-13(17)7-9-14/h2-9,15,18H,10H2,1H3. The molecule has 0 fully saturated rings. The topological polar surface area (TPSA) is 12.0 Å². The Kier molecular flexibility index (Phi) is 5.25. The first-order valence-electron chi connectivity index (χ1n) is 6.00. The SMILES string of the molecule is CNC(CSc1ccc(F)cc1)c1ccc(Cl)cc1. The molecule has 0 bridgehead atoms. The molecule has 1 unspecified atom stereocenters. The summed E-state index contributed by atoms with van der Waals surface area (Å²) in [5.41, 5.74) is 1.20. The van der Waals surface area contributed by atoms with Crippen molar-refractivity contribution in [2.45, 2.75) is 10.9 Å². The quantitative estimate of drug-likeness (QED) is 0.813. The molecule has 19 heavy (non-hydrogen) atoms. The molecule has 0 aliphatic rings. The van der Waals surface area contributed by atoms with E-state index in [-0.39, 0.29) is 11.9 Å². The van der Waals surface area contributed by atoms with Crippen LogP contribution in [0.3, 0.4) is 0 Å². The van der Waals surface area contributed by atoms with Gasteiger partial charge in [0.2, 0.25) is 0 Å². The van der Waals surface area contributed by atoms with Gasteiger partial charge in [-0.3, -0.25) is 0 Å². The van der Waals surface area contributed by atoms with Crippen molar-refractivity contribution < 1.29 is 4.39 Å². The summed E-state index contributed by atoms with van der Waals surface area (Å²) >= 11 is 7.58. The smallest absolute Gasteiger partial charge is 0.123 e. The van der Waals surface area contributed by atoms with E-state index in [1.54, 1.807) is 23.9 Å².